The number of nitrogens with zero attached hydrogens (tertiary/aromatic N) is 3. The largest absolute Gasteiger partial charge is 0.443 e. The van der Waals surface area contributed by atoms with E-state index >= 15 is 0 Å². The first-order valence-electron chi connectivity index (χ1n) is 14.9. The van der Waals surface area contributed by atoms with E-state index in [-0.39, 0.29) is 67.0 Å². The van der Waals surface area contributed by atoms with Crippen LogP contribution in [0.4, 0.5) is 0 Å². The van der Waals surface area contributed by atoms with Crippen LogP contribution in [0.2, 0.25) is 0 Å². The number of ether oxygens (including phenoxy) is 1. The van der Waals surface area contributed by atoms with Gasteiger partial charge in [0, 0.05) is 44.5 Å². The molecule has 0 saturated carbocycles. The number of carbonyl (C=O) groups is 4. The summed E-state index contributed by atoms with van der Waals surface area (Å²) in [6, 6.07) is 8.53. The molecule has 236 valence electrons. The van der Waals surface area contributed by atoms with E-state index in [1.54, 1.807) is 17.2 Å². The Labute approximate surface area is 261 Å². The maximum absolute atomic E-state index is 13.4. The van der Waals surface area contributed by atoms with Gasteiger partial charge >= 0.3 is 0 Å². The number of aryl methyl sites for hydroxylation is 1. The fraction of sp³-hybridized carbons (Fsp3) is 0.484. The van der Waals surface area contributed by atoms with Crippen LogP contribution in [-0.4, -0.2) is 71.3 Å². The Kier molecular flexibility index (Phi) is 11.6. The molecule has 12 nitrogen and oxygen atoms in total. The molecule has 3 aromatic rings. The Morgan fingerprint density at radius 1 is 1.11 bits per heavy atom. The summed E-state index contributed by atoms with van der Waals surface area (Å²) in [5.74, 6) is -0.781. The number of nitrogens with one attached hydrogen (secondary N) is 3. The van der Waals surface area contributed by atoms with Gasteiger partial charge in [-0.25, -0.2) is 9.97 Å². The summed E-state index contributed by atoms with van der Waals surface area (Å²) in [4.78, 5) is 62.9. The first kappa shape index (κ1) is 32.8. The summed E-state index contributed by atoms with van der Waals surface area (Å²) in [6.45, 7) is 8.43. The van der Waals surface area contributed by atoms with Crippen LogP contribution in [0.25, 0.3) is 0 Å². The molecule has 0 saturated heterocycles. The van der Waals surface area contributed by atoms with Crippen LogP contribution in [0.1, 0.15) is 88.9 Å². The molecule has 0 aliphatic carbocycles. The number of aromatic nitrogens is 2. The Morgan fingerprint density at radius 2 is 1.89 bits per heavy atom. The van der Waals surface area contributed by atoms with Crippen molar-refractivity contribution in [3.05, 3.63) is 69.3 Å². The van der Waals surface area contributed by atoms with Crippen molar-refractivity contribution in [3.8, 4) is 0 Å². The zero-order valence-electron chi connectivity index (χ0n) is 25.6. The van der Waals surface area contributed by atoms with Crippen molar-refractivity contribution >= 4 is 35.0 Å². The number of rotatable bonds is 6. The molecule has 0 fully saturated rings. The van der Waals surface area contributed by atoms with E-state index in [0.29, 0.717) is 36.8 Å². The molecule has 0 unspecified atom stereocenters. The maximum Gasteiger partial charge on any atom is 0.274 e. The monoisotopic (exact) mass is 624 g/mol. The summed E-state index contributed by atoms with van der Waals surface area (Å²) < 4.78 is 11.3. The standard InChI is InChI=1S/C31H40N6O6S/c1-5-42-17-25(39)37-14-9-12-24(38)33-22(16-21-10-7-6-8-11-21)30-36-27(20(4)43-30)29(41)35-26(19(2)3)31-34-23(18-44-31)28(40)32-13-15-37/h6-8,10-11,18-19,22,26H,5,9,12-17H2,1-4H3,(H,32,40)(H,33,38)(H,35,41)/t22-,26-/m0/s1. The molecule has 0 spiro atoms. The van der Waals surface area contributed by atoms with Crippen LogP contribution in [0, 0.1) is 12.8 Å². The maximum atomic E-state index is 13.4. The number of benzene rings is 1. The minimum absolute atomic E-state index is 0.0411. The average molecular weight is 625 g/mol. The van der Waals surface area contributed by atoms with Gasteiger partial charge in [-0.15, -0.1) is 11.3 Å². The van der Waals surface area contributed by atoms with Gasteiger partial charge in [-0.05, 0) is 31.7 Å². The minimum Gasteiger partial charge on any atom is -0.443 e. The van der Waals surface area contributed by atoms with E-state index in [4.69, 9.17) is 9.15 Å². The summed E-state index contributed by atoms with van der Waals surface area (Å²) in [5, 5.41) is 11.1. The molecule has 13 heteroatoms. The second kappa shape index (κ2) is 15.6. The molecule has 2 aromatic heterocycles. The molecule has 3 N–H and O–H groups in total. The molecule has 2 atom stereocenters. The predicted octanol–water partition coefficient (Wildman–Crippen LogP) is 3.36. The van der Waals surface area contributed by atoms with E-state index in [2.05, 4.69) is 25.9 Å². The van der Waals surface area contributed by atoms with Crippen molar-refractivity contribution in [1.29, 1.82) is 0 Å². The fourth-order valence-electron chi connectivity index (χ4n) is 4.82. The lowest BCUT2D eigenvalue weighted by Crippen LogP contribution is -2.41. The second-order valence-corrected chi connectivity index (χ2v) is 11.8. The molecule has 1 aliphatic heterocycles. The van der Waals surface area contributed by atoms with Gasteiger partial charge in [0.15, 0.2) is 5.69 Å². The van der Waals surface area contributed by atoms with Gasteiger partial charge in [0.1, 0.15) is 29.1 Å². The van der Waals surface area contributed by atoms with Crippen molar-refractivity contribution in [2.24, 2.45) is 5.92 Å². The molecular formula is C31H40N6O6S. The highest BCUT2D eigenvalue weighted by atomic mass is 32.1. The Bertz CT molecular complexity index is 1440. The summed E-state index contributed by atoms with van der Waals surface area (Å²) >= 11 is 1.28. The van der Waals surface area contributed by atoms with E-state index < -0.39 is 18.0 Å². The van der Waals surface area contributed by atoms with Gasteiger partial charge in [0.25, 0.3) is 11.8 Å². The lowest BCUT2D eigenvalue weighted by atomic mass is 10.0. The zero-order chi connectivity index (χ0) is 31.6. The van der Waals surface area contributed by atoms with Crippen molar-refractivity contribution in [2.75, 3.05) is 32.8 Å². The van der Waals surface area contributed by atoms with Gasteiger partial charge < -0.3 is 30.0 Å². The third-order valence-electron chi connectivity index (χ3n) is 7.20. The molecule has 1 aliphatic rings. The van der Waals surface area contributed by atoms with Crippen LogP contribution in [0.15, 0.2) is 40.1 Å². The number of amides is 4. The average Bonchev–Trinajstić information content (AvgIpc) is 3.64. The zero-order valence-corrected chi connectivity index (χ0v) is 26.4. The smallest absolute Gasteiger partial charge is 0.274 e. The third kappa shape index (κ3) is 8.73. The third-order valence-corrected chi connectivity index (χ3v) is 8.13. The van der Waals surface area contributed by atoms with Gasteiger partial charge in [0.2, 0.25) is 17.7 Å². The Morgan fingerprint density at radius 3 is 2.61 bits per heavy atom. The molecule has 3 heterocycles. The number of fused-ring (bicyclic) bond motifs is 4. The molecule has 4 rings (SSSR count). The number of hydrogen-bond donors (Lipinski definition) is 3. The fourth-order valence-corrected chi connectivity index (χ4v) is 5.84. The number of thiazole rings is 1. The van der Waals surface area contributed by atoms with Crippen LogP contribution in [0.3, 0.4) is 0 Å². The summed E-state index contributed by atoms with van der Waals surface area (Å²) in [5.41, 5.74) is 1.31. The van der Waals surface area contributed by atoms with E-state index in [9.17, 15) is 19.2 Å². The number of carbonyl (C=O) groups excluding carboxylic acids is 4. The van der Waals surface area contributed by atoms with Crippen LogP contribution < -0.4 is 16.0 Å². The minimum atomic E-state index is -0.621. The molecule has 1 aromatic carbocycles. The Hall–Kier alpha value is -4.10. The first-order chi connectivity index (χ1) is 21.2. The number of oxazole rings is 1. The SMILES string of the molecule is CCOCC(=O)N1CCCC(=O)N[C@@H](Cc2ccccc2)c2nc(c(C)o2)C(=O)N[C@@H](C(C)C)c2nc(cs2)C(=O)NCC1. The molecule has 44 heavy (non-hydrogen) atoms. The molecule has 4 amide bonds. The van der Waals surface area contributed by atoms with Crippen LogP contribution in [-0.2, 0) is 20.7 Å². The second-order valence-electron chi connectivity index (χ2n) is 10.9. The van der Waals surface area contributed by atoms with E-state index in [1.165, 1.54) is 11.3 Å². The van der Waals surface area contributed by atoms with Crippen LogP contribution in [0.5, 0.6) is 0 Å². The summed E-state index contributed by atoms with van der Waals surface area (Å²) in [6.07, 6.45) is 0.934. The molecule has 4 bridgehead atoms. The summed E-state index contributed by atoms with van der Waals surface area (Å²) in [7, 11) is 0. The first-order valence-corrected chi connectivity index (χ1v) is 15.7. The quantitative estimate of drug-likeness (QED) is 0.377. The highest BCUT2D eigenvalue weighted by molar-refractivity contribution is 7.09. The Balaban J connectivity index is 1.65. The lowest BCUT2D eigenvalue weighted by Gasteiger charge is -2.23. The van der Waals surface area contributed by atoms with Gasteiger partial charge in [0.05, 0.1) is 6.04 Å². The predicted molar refractivity (Wildman–Crippen MR) is 164 cm³/mol. The van der Waals surface area contributed by atoms with Gasteiger partial charge in [-0.1, -0.05) is 44.2 Å². The van der Waals surface area contributed by atoms with Crippen molar-refractivity contribution in [3.63, 3.8) is 0 Å². The molecular weight excluding hydrogens is 584 g/mol. The molecule has 0 radical (unpaired) electrons. The lowest BCUT2D eigenvalue weighted by molar-refractivity contribution is -0.136. The van der Waals surface area contributed by atoms with Crippen molar-refractivity contribution in [2.45, 2.75) is 59.0 Å². The van der Waals surface area contributed by atoms with Gasteiger partial charge in [-0.2, -0.15) is 0 Å². The van der Waals surface area contributed by atoms with E-state index in [1.807, 2.05) is 51.1 Å². The normalized spacial score (nSPS) is 18.8. The number of hydrogen-bond acceptors (Lipinski definition) is 9. The van der Waals surface area contributed by atoms with Crippen molar-refractivity contribution in [1.82, 2.24) is 30.8 Å². The van der Waals surface area contributed by atoms with E-state index in [0.717, 1.165) is 5.56 Å². The van der Waals surface area contributed by atoms with Crippen LogP contribution >= 0.6 is 11.3 Å². The highest BCUT2D eigenvalue weighted by Gasteiger charge is 2.29. The highest BCUT2D eigenvalue weighted by Crippen LogP contribution is 2.27. The van der Waals surface area contributed by atoms with Crippen molar-refractivity contribution < 1.29 is 28.3 Å². The topological polar surface area (TPSA) is 156 Å². The van der Waals surface area contributed by atoms with Gasteiger partial charge in [-0.3, -0.25) is 19.2 Å².